The lowest BCUT2D eigenvalue weighted by Crippen LogP contribution is -2.32. The summed E-state index contributed by atoms with van der Waals surface area (Å²) in [6, 6.07) is -1.32. The molecule has 1 atom stereocenters. The third-order valence-electron chi connectivity index (χ3n) is 1.26. The third-order valence-corrected chi connectivity index (χ3v) is 1.26. The molecule has 0 heterocycles. The fourth-order valence-electron chi connectivity index (χ4n) is 0.781. The van der Waals surface area contributed by atoms with E-state index < -0.39 is 30.0 Å². The summed E-state index contributed by atoms with van der Waals surface area (Å²) in [4.78, 5) is 34.7. The van der Waals surface area contributed by atoms with Gasteiger partial charge in [-0.05, 0) is 20.8 Å². The molecular formula is C9H13NO5. The van der Waals surface area contributed by atoms with Crippen molar-refractivity contribution in [3.05, 3.63) is 0 Å². The maximum absolute atomic E-state index is 11.3. The van der Waals surface area contributed by atoms with Crippen LogP contribution in [-0.4, -0.2) is 34.8 Å². The molecular weight excluding hydrogens is 202 g/mol. The Morgan fingerprint density at radius 1 is 1.47 bits per heavy atom. The molecule has 0 aliphatic carbocycles. The van der Waals surface area contributed by atoms with Crippen LogP contribution in [0.2, 0.25) is 0 Å². The second-order valence-corrected chi connectivity index (χ2v) is 3.87. The number of aliphatic carboxylic acids is 1. The molecule has 0 rings (SSSR count). The first kappa shape index (κ1) is 13.3. The largest absolute Gasteiger partial charge is 0.481 e. The number of nitrogens with zero attached hydrogens (tertiary/aromatic N) is 1. The predicted molar refractivity (Wildman–Crippen MR) is 50.0 cm³/mol. The average Bonchev–Trinajstić information content (AvgIpc) is 1.99. The van der Waals surface area contributed by atoms with E-state index in [0.29, 0.717) is 0 Å². The number of ether oxygens (including phenoxy) is 1. The molecule has 6 nitrogen and oxygen atoms in total. The molecule has 0 aromatic rings. The molecule has 0 radical (unpaired) electrons. The molecule has 0 aromatic heterocycles. The van der Waals surface area contributed by atoms with Crippen LogP contribution in [-0.2, 0) is 19.1 Å². The molecule has 0 saturated heterocycles. The number of carboxylic acid groups (broad SMARTS) is 1. The summed E-state index contributed by atoms with van der Waals surface area (Å²) >= 11 is 0. The van der Waals surface area contributed by atoms with Crippen LogP contribution in [0.3, 0.4) is 0 Å². The monoisotopic (exact) mass is 215 g/mol. The Hall–Kier alpha value is -1.68. The highest BCUT2D eigenvalue weighted by atomic mass is 16.6. The third kappa shape index (κ3) is 6.40. The lowest BCUT2D eigenvalue weighted by Gasteiger charge is -2.21. The Morgan fingerprint density at radius 2 is 2.00 bits per heavy atom. The van der Waals surface area contributed by atoms with Crippen molar-refractivity contribution in [1.82, 2.24) is 0 Å². The summed E-state index contributed by atoms with van der Waals surface area (Å²) in [5.41, 5.74) is -0.744. The summed E-state index contributed by atoms with van der Waals surface area (Å²) in [5, 5.41) is 8.46. The Kier molecular flexibility index (Phi) is 4.67. The number of carbonyl (C=O) groups is 2. The summed E-state index contributed by atoms with van der Waals surface area (Å²) in [7, 11) is 0. The maximum Gasteiger partial charge on any atom is 0.332 e. The van der Waals surface area contributed by atoms with E-state index in [1.54, 1.807) is 20.8 Å². The van der Waals surface area contributed by atoms with Gasteiger partial charge >= 0.3 is 11.9 Å². The van der Waals surface area contributed by atoms with E-state index in [4.69, 9.17) is 9.84 Å². The second-order valence-electron chi connectivity index (χ2n) is 3.87. The number of carbonyl (C=O) groups excluding carboxylic acids is 2. The summed E-state index contributed by atoms with van der Waals surface area (Å²) in [5.74, 6) is -2.07. The average molecular weight is 215 g/mol. The Balaban J connectivity index is 4.56. The van der Waals surface area contributed by atoms with E-state index in [-0.39, 0.29) is 0 Å². The van der Waals surface area contributed by atoms with Crippen LogP contribution >= 0.6 is 0 Å². The van der Waals surface area contributed by atoms with Gasteiger partial charge in [-0.25, -0.2) is 9.59 Å². The molecule has 84 valence electrons. The van der Waals surface area contributed by atoms with Gasteiger partial charge in [-0.1, -0.05) is 0 Å². The lowest BCUT2D eigenvalue weighted by molar-refractivity contribution is -0.158. The fourth-order valence-corrected chi connectivity index (χ4v) is 0.781. The van der Waals surface area contributed by atoms with Crippen molar-refractivity contribution in [3.8, 4) is 0 Å². The molecule has 6 heteroatoms. The van der Waals surface area contributed by atoms with E-state index in [0.717, 1.165) is 6.08 Å². The van der Waals surface area contributed by atoms with Crippen LogP contribution in [0.5, 0.6) is 0 Å². The highest BCUT2D eigenvalue weighted by Gasteiger charge is 2.26. The number of aliphatic imine (C=N–C) groups is 1. The zero-order valence-corrected chi connectivity index (χ0v) is 8.81. The van der Waals surface area contributed by atoms with E-state index >= 15 is 0 Å². The van der Waals surface area contributed by atoms with Crippen molar-refractivity contribution in [2.75, 3.05) is 0 Å². The highest BCUT2D eigenvalue weighted by molar-refractivity contribution is 5.83. The molecule has 0 aliphatic heterocycles. The van der Waals surface area contributed by atoms with Gasteiger partial charge < -0.3 is 9.84 Å². The normalized spacial score (nSPS) is 12.5. The van der Waals surface area contributed by atoms with Crippen molar-refractivity contribution in [2.45, 2.75) is 38.8 Å². The first-order chi connectivity index (χ1) is 6.76. The Bertz CT molecular complexity index is 298. The number of esters is 1. The molecule has 1 N–H and O–H groups in total. The Morgan fingerprint density at radius 3 is 2.33 bits per heavy atom. The molecule has 15 heavy (non-hydrogen) atoms. The van der Waals surface area contributed by atoms with E-state index in [2.05, 4.69) is 4.99 Å². The van der Waals surface area contributed by atoms with Gasteiger partial charge in [0.15, 0.2) is 6.04 Å². The van der Waals surface area contributed by atoms with Crippen molar-refractivity contribution < 1.29 is 24.2 Å². The van der Waals surface area contributed by atoms with Crippen molar-refractivity contribution >= 4 is 18.0 Å². The zero-order chi connectivity index (χ0) is 12.1. The maximum atomic E-state index is 11.3. The van der Waals surface area contributed by atoms with Gasteiger partial charge in [-0.15, -0.1) is 0 Å². The van der Waals surface area contributed by atoms with Crippen molar-refractivity contribution in [1.29, 1.82) is 0 Å². The molecule has 0 fully saturated rings. The van der Waals surface area contributed by atoms with Gasteiger partial charge in [-0.2, -0.15) is 4.99 Å². The number of isocyanates is 1. The predicted octanol–water partition coefficient (Wildman–Crippen LogP) is 0.507. The minimum Gasteiger partial charge on any atom is -0.481 e. The van der Waals surface area contributed by atoms with Gasteiger partial charge in [0.25, 0.3) is 0 Å². The van der Waals surface area contributed by atoms with Gasteiger partial charge in [0.2, 0.25) is 6.08 Å². The van der Waals surface area contributed by atoms with Gasteiger partial charge in [0.1, 0.15) is 5.60 Å². The van der Waals surface area contributed by atoms with Crippen LogP contribution in [0, 0.1) is 0 Å². The Labute approximate surface area is 86.9 Å². The molecule has 0 bridgehead atoms. The zero-order valence-electron chi connectivity index (χ0n) is 8.81. The van der Waals surface area contributed by atoms with Crippen LogP contribution in [0.4, 0.5) is 0 Å². The first-order valence-electron chi connectivity index (χ1n) is 4.28. The number of hydrogen-bond donors (Lipinski definition) is 1. The van der Waals surface area contributed by atoms with E-state index in [9.17, 15) is 14.4 Å². The standard InChI is InChI=1S/C9H13NO5/c1-9(2,3)15-8(14)6(10-5-11)4-7(12)13/h6H,4H2,1-3H3,(H,12,13). The summed E-state index contributed by atoms with van der Waals surface area (Å²) in [6.07, 6.45) is 0.571. The second kappa shape index (κ2) is 5.26. The topological polar surface area (TPSA) is 93.0 Å². The first-order valence-corrected chi connectivity index (χ1v) is 4.28. The van der Waals surface area contributed by atoms with Crippen LogP contribution < -0.4 is 0 Å². The SMILES string of the molecule is CC(C)(C)OC(=O)C(CC(=O)O)N=C=O. The van der Waals surface area contributed by atoms with Crippen molar-refractivity contribution in [3.63, 3.8) is 0 Å². The van der Waals surface area contributed by atoms with Crippen LogP contribution in [0.1, 0.15) is 27.2 Å². The highest BCUT2D eigenvalue weighted by Crippen LogP contribution is 2.11. The van der Waals surface area contributed by atoms with Gasteiger partial charge in [-0.3, -0.25) is 4.79 Å². The summed E-state index contributed by atoms with van der Waals surface area (Å²) < 4.78 is 4.88. The minimum atomic E-state index is -1.32. The summed E-state index contributed by atoms with van der Waals surface area (Å²) in [6.45, 7) is 4.90. The quantitative estimate of drug-likeness (QED) is 0.419. The fraction of sp³-hybridized carbons (Fsp3) is 0.667. The van der Waals surface area contributed by atoms with E-state index in [1.165, 1.54) is 0 Å². The molecule has 0 aliphatic rings. The van der Waals surface area contributed by atoms with Crippen molar-refractivity contribution in [2.24, 2.45) is 4.99 Å². The van der Waals surface area contributed by atoms with Crippen LogP contribution in [0.25, 0.3) is 0 Å². The molecule has 0 spiro atoms. The number of hydrogen-bond acceptors (Lipinski definition) is 5. The molecule has 0 amide bonds. The molecule has 0 aromatic carbocycles. The van der Waals surface area contributed by atoms with Gasteiger partial charge in [0, 0.05) is 0 Å². The number of rotatable bonds is 4. The van der Waals surface area contributed by atoms with Crippen LogP contribution in [0.15, 0.2) is 4.99 Å². The van der Waals surface area contributed by atoms with Gasteiger partial charge in [0.05, 0.1) is 6.42 Å². The smallest absolute Gasteiger partial charge is 0.332 e. The number of carboxylic acids is 1. The molecule has 0 saturated carbocycles. The lowest BCUT2D eigenvalue weighted by atomic mass is 10.1. The molecule has 1 unspecified atom stereocenters. The van der Waals surface area contributed by atoms with E-state index in [1.807, 2.05) is 0 Å². The minimum absolute atomic E-state index is 0.579.